The second-order valence-electron chi connectivity index (χ2n) is 7.37. The van der Waals surface area contributed by atoms with E-state index in [1.54, 1.807) is 7.11 Å². The standard InChI is InChI=1S/C18H30N6O2/c1-13(18-20-16(12-25-5)21-26-18)23(3)10-14-7-6-8-22(2)17(14)15-9-19-24(4)11-15/h9,11,13-14,17H,6-8,10,12H2,1-5H3/t13-,14+,17-/m1/s1. The summed E-state index contributed by atoms with van der Waals surface area (Å²) in [6.45, 7) is 4.57. The summed E-state index contributed by atoms with van der Waals surface area (Å²) in [5.41, 5.74) is 1.29. The summed E-state index contributed by atoms with van der Waals surface area (Å²) in [5.74, 6) is 1.77. The molecule has 26 heavy (non-hydrogen) atoms. The molecule has 144 valence electrons. The normalized spacial score (nSPS) is 22.8. The molecule has 0 aromatic carbocycles. The minimum atomic E-state index is 0.0647. The highest BCUT2D eigenvalue weighted by atomic mass is 16.5. The Hall–Kier alpha value is -1.77. The van der Waals surface area contributed by atoms with Gasteiger partial charge in [-0.1, -0.05) is 5.16 Å². The molecule has 3 heterocycles. The van der Waals surface area contributed by atoms with E-state index in [4.69, 9.17) is 9.26 Å². The van der Waals surface area contributed by atoms with Crippen molar-refractivity contribution in [2.45, 2.75) is 38.5 Å². The fourth-order valence-corrected chi connectivity index (χ4v) is 3.91. The lowest BCUT2D eigenvalue weighted by atomic mass is 9.85. The number of nitrogens with zero attached hydrogens (tertiary/aromatic N) is 6. The molecule has 1 fully saturated rings. The lowest BCUT2D eigenvalue weighted by Gasteiger charge is -2.41. The van der Waals surface area contributed by atoms with Crippen LogP contribution in [0.2, 0.25) is 0 Å². The van der Waals surface area contributed by atoms with Gasteiger partial charge in [-0.3, -0.25) is 14.5 Å². The molecule has 0 aliphatic carbocycles. The van der Waals surface area contributed by atoms with Crippen LogP contribution in [0.15, 0.2) is 16.9 Å². The van der Waals surface area contributed by atoms with E-state index in [-0.39, 0.29) is 6.04 Å². The Balaban J connectivity index is 1.70. The second-order valence-corrected chi connectivity index (χ2v) is 7.37. The molecule has 8 heteroatoms. The predicted molar refractivity (Wildman–Crippen MR) is 97.4 cm³/mol. The van der Waals surface area contributed by atoms with Gasteiger partial charge in [0.05, 0.1) is 12.2 Å². The van der Waals surface area contributed by atoms with Gasteiger partial charge in [-0.2, -0.15) is 10.1 Å². The lowest BCUT2D eigenvalue weighted by Crippen LogP contribution is -2.41. The van der Waals surface area contributed by atoms with Crippen LogP contribution in [0.5, 0.6) is 0 Å². The van der Waals surface area contributed by atoms with Crippen LogP contribution in [0.4, 0.5) is 0 Å². The van der Waals surface area contributed by atoms with Crippen molar-refractivity contribution in [1.29, 1.82) is 0 Å². The Kier molecular flexibility index (Phi) is 6.05. The largest absolute Gasteiger partial charge is 0.377 e. The molecule has 0 spiro atoms. The SMILES string of the molecule is COCc1noc([C@@H](C)N(C)C[C@@H]2CCCN(C)[C@H]2c2cnn(C)c2)n1. The molecule has 0 amide bonds. The fraction of sp³-hybridized carbons (Fsp3) is 0.722. The fourth-order valence-electron chi connectivity index (χ4n) is 3.91. The van der Waals surface area contributed by atoms with Crippen molar-refractivity contribution in [2.75, 3.05) is 34.3 Å². The third-order valence-electron chi connectivity index (χ3n) is 5.37. The van der Waals surface area contributed by atoms with E-state index in [9.17, 15) is 0 Å². The van der Waals surface area contributed by atoms with Crippen molar-refractivity contribution in [3.63, 3.8) is 0 Å². The Morgan fingerprint density at radius 1 is 1.42 bits per heavy atom. The first kappa shape index (κ1) is 19.0. The summed E-state index contributed by atoms with van der Waals surface area (Å²) >= 11 is 0. The van der Waals surface area contributed by atoms with Crippen LogP contribution < -0.4 is 0 Å². The number of methoxy groups -OCH3 is 1. The van der Waals surface area contributed by atoms with E-state index in [0.717, 1.165) is 13.1 Å². The van der Waals surface area contributed by atoms with E-state index in [1.165, 1.54) is 18.4 Å². The van der Waals surface area contributed by atoms with Gasteiger partial charge in [0.25, 0.3) is 0 Å². The van der Waals surface area contributed by atoms with Gasteiger partial charge in [-0.15, -0.1) is 0 Å². The summed E-state index contributed by atoms with van der Waals surface area (Å²) in [6, 6.07) is 0.453. The van der Waals surface area contributed by atoms with E-state index >= 15 is 0 Å². The lowest BCUT2D eigenvalue weighted by molar-refractivity contribution is 0.0784. The first-order valence-corrected chi connectivity index (χ1v) is 9.20. The average molecular weight is 362 g/mol. The van der Waals surface area contributed by atoms with Crippen molar-refractivity contribution in [3.8, 4) is 0 Å². The highest BCUT2D eigenvalue weighted by Gasteiger charge is 2.33. The molecule has 1 aliphatic rings. The molecule has 0 saturated carbocycles. The summed E-state index contributed by atoms with van der Waals surface area (Å²) in [6.07, 6.45) is 6.56. The van der Waals surface area contributed by atoms with Crippen LogP contribution in [-0.2, 0) is 18.4 Å². The van der Waals surface area contributed by atoms with Gasteiger partial charge in [0.15, 0.2) is 5.82 Å². The molecular formula is C18H30N6O2. The molecule has 3 rings (SSSR count). The monoisotopic (exact) mass is 362 g/mol. The predicted octanol–water partition coefficient (Wildman–Crippen LogP) is 2.03. The number of hydrogen-bond donors (Lipinski definition) is 0. The minimum absolute atomic E-state index is 0.0647. The summed E-state index contributed by atoms with van der Waals surface area (Å²) < 4.78 is 12.4. The maximum absolute atomic E-state index is 5.42. The topological polar surface area (TPSA) is 72.5 Å². The average Bonchev–Trinajstić information content (AvgIpc) is 3.24. The third-order valence-corrected chi connectivity index (χ3v) is 5.37. The van der Waals surface area contributed by atoms with E-state index in [2.05, 4.69) is 52.3 Å². The van der Waals surface area contributed by atoms with Crippen molar-refractivity contribution in [2.24, 2.45) is 13.0 Å². The number of ether oxygens (including phenoxy) is 1. The van der Waals surface area contributed by atoms with Gasteiger partial charge in [0.2, 0.25) is 5.89 Å². The zero-order chi connectivity index (χ0) is 18.7. The molecule has 8 nitrogen and oxygen atoms in total. The van der Waals surface area contributed by atoms with E-state index in [1.807, 2.05) is 17.9 Å². The Morgan fingerprint density at radius 3 is 2.92 bits per heavy atom. The molecule has 2 aromatic heterocycles. The minimum Gasteiger partial charge on any atom is -0.377 e. The molecule has 0 N–H and O–H groups in total. The molecule has 2 aromatic rings. The third kappa shape index (κ3) is 4.13. The van der Waals surface area contributed by atoms with E-state index in [0.29, 0.717) is 30.3 Å². The van der Waals surface area contributed by atoms with Gasteiger partial charge in [-0.25, -0.2) is 0 Å². The number of hydrogen-bond acceptors (Lipinski definition) is 7. The highest BCUT2D eigenvalue weighted by Crippen LogP contribution is 2.36. The molecule has 0 unspecified atom stereocenters. The maximum Gasteiger partial charge on any atom is 0.243 e. The first-order chi connectivity index (χ1) is 12.5. The number of aryl methyl sites for hydroxylation is 1. The smallest absolute Gasteiger partial charge is 0.243 e. The molecule has 1 saturated heterocycles. The van der Waals surface area contributed by atoms with Gasteiger partial charge in [-0.05, 0) is 46.3 Å². The van der Waals surface area contributed by atoms with Crippen molar-refractivity contribution in [1.82, 2.24) is 29.7 Å². The van der Waals surface area contributed by atoms with Gasteiger partial charge < -0.3 is 9.26 Å². The Morgan fingerprint density at radius 2 is 2.23 bits per heavy atom. The molecule has 0 radical (unpaired) electrons. The number of likely N-dealkylation sites (tertiary alicyclic amines) is 1. The molecule has 3 atom stereocenters. The molecule has 1 aliphatic heterocycles. The summed E-state index contributed by atoms with van der Waals surface area (Å²) in [7, 11) is 7.94. The number of aromatic nitrogens is 4. The highest BCUT2D eigenvalue weighted by molar-refractivity contribution is 5.13. The van der Waals surface area contributed by atoms with Crippen LogP contribution in [0, 0.1) is 5.92 Å². The van der Waals surface area contributed by atoms with Gasteiger partial charge in [0.1, 0.15) is 6.61 Å². The van der Waals surface area contributed by atoms with Crippen molar-refractivity contribution in [3.05, 3.63) is 29.7 Å². The van der Waals surface area contributed by atoms with E-state index < -0.39 is 0 Å². The second kappa shape index (κ2) is 8.28. The van der Waals surface area contributed by atoms with Crippen LogP contribution in [0.25, 0.3) is 0 Å². The molecule has 0 bridgehead atoms. The van der Waals surface area contributed by atoms with Crippen LogP contribution >= 0.6 is 0 Å². The zero-order valence-electron chi connectivity index (χ0n) is 16.4. The summed E-state index contributed by atoms with van der Waals surface area (Å²) in [5, 5.41) is 8.35. The quantitative estimate of drug-likeness (QED) is 0.746. The van der Waals surface area contributed by atoms with Gasteiger partial charge in [0, 0.05) is 38.5 Å². The first-order valence-electron chi connectivity index (χ1n) is 9.20. The van der Waals surface area contributed by atoms with Crippen LogP contribution in [0.3, 0.4) is 0 Å². The molecular weight excluding hydrogens is 332 g/mol. The summed E-state index contributed by atoms with van der Waals surface area (Å²) in [4.78, 5) is 9.20. The Labute approximate surface area is 155 Å². The van der Waals surface area contributed by atoms with Crippen LogP contribution in [-0.4, -0.2) is 64.0 Å². The number of piperidine rings is 1. The Bertz CT molecular complexity index is 699. The zero-order valence-corrected chi connectivity index (χ0v) is 16.4. The van der Waals surface area contributed by atoms with Crippen molar-refractivity contribution >= 4 is 0 Å². The number of rotatable bonds is 7. The van der Waals surface area contributed by atoms with Crippen molar-refractivity contribution < 1.29 is 9.26 Å². The maximum atomic E-state index is 5.42. The van der Waals surface area contributed by atoms with Crippen LogP contribution in [0.1, 0.15) is 49.1 Å². The van der Waals surface area contributed by atoms with Gasteiger partial charge >= 0.3 is 0 Å².